The van der Waals surface area contributed by atoms with E-state index >= 15 is 0 Å². The second-order valence-corrected chi connectivity index (χ2v) is 3.45. The maximum Gasteiger partial charge on any atom is 0.271 e. The van der Waals surface area contributed by atoms with Gasteiger partial charge in [0.2, 0.25) is 0 Å². The molecule has 2 heterocycles. The third kappa shape index (κ3) is 2.11. The number of piperidine rings is 1. The molecule has 0 saturated carbocycles. The lowest BCUT2D eigenvalue weighted by atomic mass is 10.1. The van der Waals surface area contributed by atoms with Crippen molar-refractivity contribution < 1.29 is 4.79 Å². The van der Waals surface area contributed by atoms with Gasteiger partial charge in [0.15, 0.2) is 0 Å². The maximum absolute atomic E-state index is 11.6. The van der Waals surface area contributed by atoms with Crippen molar-refractivity contribution in [3.8, 4) is 0 Å². The fourth-order valence-electron chi connectivity index (χ4n) is 1.61. The third-order valence-corrected chi connectivity index (χ3v) is 2.41. The van der Waals surface area contributed by atoms with Crippen molar-refractivity contribution in [2.45, 2.75) is 18.9 Å². The summed E-state index contributed by atoms with van der Waals surface area (Å²) in [6.07, 6.45) is 5.11. The van der Waals surface area contributed by atoms with Crippen LogP contribution < -0.4 is 10.6 Å². The Labute approximate surface area is 82.3 Å². The van der Waals surface area contributed by atoms with Crippen LogP contribution in [0.15, 0.2) is 12.5 Å². The van der Waals surface area contributed by atoms with Gasteiger partial charge < -0.3 is 15.6 Å². The van der Waals surface area contributed by atoms with Gasteiger partial charge in [-0.05, 0) is 25.9 Å². The van der Waals surface area contributed by atoms with Crippen LogP contribution >= 0.6 is 0 Å². The second-order valence-electron chi connectivity index (χ2n) is 3.45. The van der Waals surface area contributed by atoms with Gasteiger partial charge in [0.25, 0.3) is 5.91 Å². The van der Waals surface area contributed by atoms with Crippen molar-refractivity contribution in [1.29, 1.82) is 0 Å². The smallest absolute Gasteiger partial charge is 0.271 e. The first-order valence-corrected chi connectivity index (χ1v) is 4.86. The molecule has 1 saturated heterocycles. The van der Waals surface area contributed by atoms with Crippen molar-refractivity contribution in [3.63, 3.8) is 0 Å². The van der Waals surface area contributed by atoms with Crippen LogP contribution in [0.2, 0.25) is 0 Å². The largest absolute Gasteiger partial charge is 0.350 e. The maximum atomic E-state index is 11.6. The van der Waals surface area contributed by atoms with Gasteiger partial charge in [0, 0.05) is 12.2 Å². The first-order chi connectivity index (χ1) is 6.86. The number of rotatable bonds is 2. The Bertz CT molecular complexity index is 290. The van der Waals surface area contributed by atoms with Crippen LogP contribution in [0.3, 0.4) is 0 Å². The SMILES string of the molecule is O=C(NC1CCNCC1)c1c[nH]cn1. The Balaban J connectivity index is 1.87. The average molecular weight is 194 g/mol. The van der Waals surface area contributed by atoms with Crippen molar-refractivity contribution in [1.82, 2.24) is 20.6 Å². The van der Waals surface area contributed by atoms with E-state index in [9.17, 15) is 4.79 Å². The molecular formula is C9H14N4O. The fraction of sp³-hybridized carbons (Fsp3) is 0.556. The number of carbonyl (C=O) groups is 1. The number of H-pyrrole nitrogens is 1. The van der Waals surface area contributed by atoms with Gasteiger partial charge in [0.1, 0.15) is 5.69 Å². The van der Waals surface area contributed by atoms with Crippen LogP contribution in [-0.4, -0.2) is 35.0 Å². The van der Waals surface area contributed by atoms with Gasteiger partial charge in [0.05, 0.1) is 6.33 Å². The summed E-state index contributed by atoms with van der Waals surface area (Å²) >= 11 is 0. The van der Waals surface area contributed by atoms with E-state index in [4.69, 9.17) is 0 Å². The van der Waals surface area contributed by atoms with Gasteiger partial charge in [-0.15, -0.1) is 0 Å². The first-order valence-electron chi connectivity index (χ1n) is 4.86. The standard InChI is InChI=1S/C9H14N4O/c14-9(8-5-11-6-12-8)13-7-1-3-10-4-2-7/h5-7,10H,1-4H2,(H,11,12)(H,13,14). The number of hydrogen-bond donors (Lipinski definition) is 3. The highest BCUT2D eigenvalue weighted by Crippen LogP contribution is 2.03. The number of aromatic nitrogens is 2. The zero-order valence-electron chi connectivity index (χ0n) is 7.92. The molecule has 14 heavy (non-hydrogen) atoms. The normalized spacial score (nSPS) is 18.0. The van der Waals surface area contributed by atoms with Crippen LogP contribution in [0.1, 0.15) is 23.3 Å². The van der Waals surface area contributed by atoms with E-state index in [0.29, 0.717) is 11.7 Å². The third-order valence-electron chi connectivity index (χ3n) is 2.41. The number of hydrogen-bond acceptors (Lipinski definition) is 3. The minimum absolute atomic E-state index is 0.0850. The molecule has 3 N–H and O–H groups in total. The van der Waals surface area contributed by atoms with Crippen molar-refractivity contribution >= 4 is 5.91 Å². The van der Waals surface area contributed by atoms with E-state index in [2.05, 4.69) is 20.6 Å². The molecule has 0 aromatic carbocycles. The molecule has 5 nitrogen and oxygen atoms in total. The van der Waals surface area contributed by atoms with Gasteiger partial charge >= 0.3 is 0 Å². The lowest BCUT2D eigenvalue weighted by Gasteiger charge is -2.23. The summed E-state index contributed by atoms with van der Waals surface area (Å²) in [7, 11) is 0. The molecule has 2 rings (SSSR count). The Morgan fingerprint density at radius 3 is 2.93 bits per heavy atom. The van der Waals surface area contributed by atoms with E-state index < -0.39 is 0 Å². The number of nitrogens with zero attached hydrogens (tertiary/aromatic N) is 1. The van der Waals surface area contributed by atoms with E-state index in [0.717, 1.165) is 25.9 Å². The molecule has 0 spiro atoms. The van der Waals surface area contributed by atoms with E-state index in [1.807, 2.05) is 0 Å². The van der Waals surface area contributed by atoms with Gasteiger partial charge in [-0.3, -0.25) is 4.79 Å². The summed E-state index contributed by atoms with van der Waals surface area (Å²) in [5.74, 6) is -0.0850. The summed E-state index contributed by atoms with van der Waals surface area (Å²) in [4.78, 5) is 18.2. The molecule has 0 atom stereocenters. The molecule has 0 radical (unpaired) electrons. The molecule has 1 aromatic rings. The minimum Gasteiger partial charge on any atom is -0.350 e. The zero-order valence-corrected chi connectivity index (χ0v) is 7.92. The number of carbonyl (C=O) groups excluding carboxylic acids is 1. The minimum atomic E-state index is -0.0850. The molecule has 0 unspecified atom stereocenters. The summed E-state index contributed by atoms with van der Waals surface area (Å²) in [6, 6.07) is 0.292. The van der Waals surface area contributed by atoms with Crippen LogP contribution in [0.25, 0.3) is 0 Å². The molecule has 1 fully saturated rings. The van der Waals surface area contributed by atoms with Crippen molar-refractivity contribution in [3.05, 3.63) is 18.2 Å². The summed E-state index contributed by atoms with van der Waals surface area (Å²) < 4.78 is 0. The van der Waals surface area contributed by atoms with E-state index in [-0.39, 0.29) is 5.91 Å². The van der Waals surface area contributed by atoms with Crippen LogP contribution in [0.5, 0.6) is 0 Å². The number of nitrogens with one attached hydrogen (secondary N) is 3. The monoisotopic (exact) mass is 194 g/mol. The summed E-state index contributed by atoms with van der Waals surface area (Å²) in [5, 5.41) is 6.21. The van der Waals surface area contributed by atoms with Crippen LogP contribution in [0, 0.1) is 0 Å². The highest BCUT2D eigenvalue weighted by Gasteiger charge is 2.16. The van der Waals surface area contributed by atoms with Gasteiger partial charge in [-0.2, -0.15) is 0 Å². The van der Waals surface area contributed by atoms with Crippen LogP contribution in [0.4, 0.5) is 0 Å². The number of aromatic amines is 1. The van der Waals surface area contributed by atoms with Gasteiger partial charge in [-0.1, -0.05) is 0 Å². The van der Waals surface area contributed by atoms with E-state index in [1.54, 1.807) is 6.20 Å². The highest BCUT2D eigenvalue weighted by atomic mass is 16.1. The molecule has 1 aromatic heterocycles. The predicted octanol–water partition coefficient (Wildman–Crippen LogP) is -0.109. The molecule has 0 bridgehead atoms. The lowest BCUT2D eigenvalue weighted by Crippen LogP contribution is -2.42. The van der Waals surface area contributed by atoms with Crippen molar-refractivity contribution in [2.75, 3.05) is 13.1 Å². The zero-order chi connectivity index (χ0) is 9.80. The molecule has 5 heteroatoms. The first kappa shape index (κ1) is 9.21. The molecule has 1 aliphatic rings. The van der Waals surface area contributed by atoms with Crippen LogP contribution in [-0.2, 0) is 0 Å². The Hall–Kier alpha value is -1.36. The van der Waals surface area contributed by atoms with Gasteiger partial charge in [-0.25, -0.2) is 4.98 Å². The second kappa shape index (κ2) is 4.23. The Morgan fingerprint density at radius 2 is 2.29 bits per heavy atom. The number of imidazole rings is 1. The lowest BCUT2D eigenvalue weighted by molar-refractivity contribution is 0.0925. The van der Waals surface area contributed by atoms with E-state index in [1.165, 1.54) is 6.33 Å². The fourth-order valence-corrected chi connectivity index (χ4v) is 1.61. The topological polar surface area (TPSA) is 69.8 Å². The van der Waals surface area contributed by atoms with Crippen molar-refractivity contribution in [2.24, 2.45) is 0 Å². The highest BCUT2D eigenvalue weighted by molar-refractivity contribution is 5.92. The quantitative estimate of drug-likeness (QED) is 0.615. The Kier molecular flexibility index (Phi) is 2.78. The molecular weight excluding hydrogens is 180 g/mol. The molecule has 0 aliphatic carbocycles. The summed E-state index contributed by atoms with van der Waals surface area (Å²) in [6.45, 7) is 1.96. The number of amides is 1. The molecule has 76 valence electrons. The average Bonchev–Trinajstić information content (AvgIpc) is 2.72. The molecule has 1 aliphatic heterocycles. The molecule has 1 amide bonds. The Morgan fingerprint density at radius 1 is 1.50 bits per heavy atom. The summed E-state index contributed by atoms with van der Waals surface area (Å²) in [5.41, 5.74) is 0.462. The predicted molar refractivity (Wildman–Crippen MR) is 51.9 cm³/mol.